The number of likely N-dealkylation sites (N-methyl/N-ethyl adjacent to an activating group) is 1. The molecule has 0 spiro atoms. The Hall–Kier alpha value is -0.830. The van der Waals surface area contributed by atoms with Gasteiger partial charge in [0.2, 0.25) is 0 Å². The maximum absolute atomic E-state index is 5.44. The van der Waals surface area contributed by atoms with Crippen molar-refractivity contribution in [1.29, 1.82) is 0 Å². The number of hydrogen-bond acceptors (Lipinski definition) is 3. The first-order valence-corrected chi connectivity index (χ1v) is 5.30. The summed E-state index contributed by atoms with van der Waals surface area (Å²) in [5, 5.41) is 0. The van der Waals surface area contributed by atoms with Crippen molar-refractivity contribution in [2.45, 2.75) is 32.1 Å². The summed E-state index contributed by atoms with van der Waals surface area (Å²) in [7, 11) is 2.16. The van der Waals surface area contributed by atoms with Crippen LogP contribution in [0.1, 0.15) is 43.7 Å². The van der Waals surface area contributed by atoms with E-state index in [9.17, 15) is 0 Å². The van der Waals surface area contributed by atoms with Crippen molar-refractivity contribution in [3.63, 3.8) is 0 Å². The normalized spacial score (nSPS) is 23.6. The minimum Gasteiger partial charge on any atom is -0.448 e. The third-order valence-electron chi connectivity index (χ3n) is 2.84. The lowest BCUT2D eigenvalue weighted by atomic mass is 10.1. The van der Waals surface area contributed by atoms with Crippen LogP contribution in [-0.2, 0) is 0 Å². The van der Waals surface area contributed by atoms with Gasteiger partial charge in [0, 0.05) is 18.4 Å². The van der Waals surface area contributed by atoms with Gasteiger partial charge in [0.25, 0.3) is 0 Å². The van der Waals surface area contributed by atoms with Gasteiger partial charge in [-0.05, 0) is 20.0 Å². The second-order valence-electron chi connectivity index (χ2n) is 4.51. The fraction of sp³-hybridized carbons (Fsp3) is 0.727. The SMILES string of the molecule is CC(C)c1nc(C2CCN(C)C2)co1. The Kier molecular flexibility index (Phi) is 2.59. The molecule has 3 heteroatoms. The average Bonchev–Trinajstić information content (AvgIpc) is 2.70. The van der Waals surface area contributed by atoms with E-state index in [2.05, 4.69) is 30.8 Å². The third kappa shape index (κ3) is 1.82. The second-order valence-corrected chi connectivity index (χ2v) is 4.51. The van der Waals surface area contributed by atoms with Gasteiger partial charge in [-0.1, -0.05) is 13.8 Å². The van der Waals surface area contributed by atoms with E-state index in [4.69, 9.17) is 4.42 Å². The number of likely N-dealkylation sites (tertiary alicyclic amines) is 1. The fourth-order valence-corrected chi connectivity index (χ4v) is 1.93. The summed E-state index contributed by atoms with van der Waals surface area (Å²) in [4.78, 5) is 6.87. The summed E-state index contributed by atoms with van der Waals surface area (Å²) in [6.07, 6.45) is 3.04. The molecule has 2 heterocycles. The first-order valence-electron chi connectivity index (χ1n) is 5.30. The highest BCUT2D eigenvalue weighted by Gasteiger charge is 2.24. The zero-order chi connectivity index (χ0) is 10.1. The molecule has 14 heavy (non-hydrogen) atoms. The fourth-order valence-electron chi connectivity index (χ4n) is 1.93. The molecular weight excluding hydrogens is 176 g/mol. The molecule has 1 aromatic rings. The van der Waals surface area contributed by atoms with E-state index in [0.29, 0.717) is 11.8 Å². The lowest BCUT2D eigenvalue weighted by Crippen LogP contribution is -2.13. The summed E-state index contributed by atoms with van der Waals surface area (Å²) in [5.41, 5.74) is 1.14. The number of nitrogens with zero attached hydrogens (tertiary/aromatic N) is 2. The van der Waals surface area contributed by atoms with Crippen LogP contribution in [0, 0.1) is 0 Å². The molecule has 78 valence electrons. The van der Waals surface area contributed by atoms with E-state index in [1.165, 1.54) is 13.0 Å². The molecule has 0 amide bonds. The third-order valence-corrected chi connectivity index (χ3v) is 2.84. The van der Waals surface area contributed by atoms with Gasteiger partial charge in [-0.2, -0.15) is 0 Å². The summed E-state index contributed by atoms with van der Waals surface area (Å²) in [5.74, 6) is 1.84. The maximum atomic E-state index is 5.44. The molecule has 0 aromatic carbocycles. The Bertz CT molecular complexity index is 306. The zero-order valence-electron chi connectivity index (χ0n) is 9.16. The lowest BCUT2D eigenvalue weighted by molar-refractivity contribution is 0.410. The molecule has 0 bridgehead atoms. The predicted octanol–water partition coefficient (Wildman–Crippen LogP) is 2.22. The van der Waals surface area contributed by atoms with Crippen molar-refractivity contribution in [3.8, 4) is 0 Å². The molecule has 1 aromatic heterocycles. The highest BCUT2D eigenvalue weighted by atomic mass is 16.3. The van der Waals surface area contributed by atoms with Crippen LogP contribution >= 0.6 is 0 Å². The summed E-state index contributed by atoms with van der Waals surface area (Å²) in [6, 6.07) is 0. The van der Waals surface area contributed by atoms with Gasteiger partial charge in [0.1, 0.15) is 6.26 Å². The van der Waals surface area contributed by atoms with E-state index in [0.717, 1.165) is 18.1 Å². The van der Waals surface area contributed by atoms with Gasteiger partial charge in [0.15, 0.2) is 5.89 Å². The van der Waals surface area contributed by atoms with Crippen LogP contribution in [0.2, 0.25) is 0 Å². The van der Waals surface area contributed by atoms with Crippen molar-refractivity contribution in [2.24, 2.45) is 0 Å². The van der Waals surface area contributed by atoms with Gasteiger partial charge in [0.05, 0.1) is 5.69 Å². The van der Waals surface area contributed by atoms with Crippen LogP contribution in [0.4, 0.5) is 0 Å². The van der Waals surface area contributed by atoms with Crippen LogP contribution in [0.5, 0.6) is 0 Å². The highest BCUT2D eigenvalue weighted by Crippen LogP contribution is 2.26. The molecule has 0 radical (unpaired) electrons. The largest absolute Gasteiger partial charge is 0.448 e. The Labute approximate surface area is 85.1 Å². The highest BCUT2D eigenvalue weighted by molar-refractivity contribution is 5.08. The number of aromatic nitrogens is 1. The molecule has 2 rings (SSSR count). The molecule has 0 saturated carbocycles. The smallest absolute Gasteiger partial charge is 0.196 e. The van der Waals surface area contributed by atoms with Crippen LogP contribution in [0.3, 0.4) is 0 Å². The van der Waals surface area contributed by atoms with Gasteiger partial charge >= 0.3 is 0 Å². The Morgan fingerprint density at radius 1 is 1.57 bits per heavy atom. The molecule has 1 saturated heterocycles. The standard InChI is InChI=1S/C11H18N2O/c1-8(2)11-12-10(7-14-11)9-4-5-13(3)6-9/h7-9H,4-6H2,1-3H3. The van der Waals surface area contributed by atoms with E-state index >= 15 is 0 Å². The Morgan fingerprint density at radius 3 is 2.86 bits per heavy atom. The number of hydrogen-bond donors (Lipinski definition) is 0. The van der Waals surface area contributed by atoms with Crippen molar-refractivity contribution >= 4 is 0 Å². The van der Waals surface area contributed by atoms with Gasteiger partial charge in [-0.3, -0.25) is 0 Å². The second kappa shape index (κ2) is 3.73. The molecule has 1 unspecified atom stereocenters. The molecule has 0 N–H and O–H groups in total. The molecule has 3 nitrogen and oxygen atoms in total. The summed E-state index contributed by atoms with van der Waals surface area (Å²) < 4.78 is 5.44. The van der Waals surface area contributed by atoms with Crippen LogP contribution in [-0.4, -0.2) is 30.0 Å². The summed E-state index contributed by atoms with van der Waals surface area (Å²) in [6.45, 7) is 6.51. The van der Waals surface area contributed by atoms with Gasteiger partial charge in [-0.25, -0.2) is 4.98 Å². The summed E-state index contributed by atoms with van der Waals surface area (Å²) >= 11 is 0. The van der Waals surface area contributed by atoms with E-state index in [1.807, 2.05) is 6.26 Å². The molecular formula is C11H18N2O. The minimum absolute atomic E-state index is 0.392. The molecule has 1 atom stereocenters. The zero-order valence-corrected chi connectivity index (χ0v) is 9.16. The lowest BCUT2D eigenvalue weighted by Gasteiger charge is -2.06. The molecule has 0 aliphatic carbocycles. The topological polar surface area (TPSA) is 29.3 Å². The first kappa shape index (κ1) is 9.71. The van der Waals surface area contributed by atoms with Crippen LogP contribution in [0.25, 0.3) is 0 Å². The van der Waals surface area contributed by atoms with Gasteiger partial charge < -0.3 is 9.32 Å². The Balaban J connectivity index is 2.09. The van der Waals surface area contributed by atoms with Crippen molar-refractivity contribution in [2.75, 3.05) is 20.1 Å². The van der Waals surface area contributed by atoms with Crippen molar-refractivity contribution in [1.82, 2.24) is 9.88 Å². The molecule has 1 aliphatic heterocycles. The van der Waals surface area contributed by atoms with Gasteiger partial charge in [-0.15, -0.1) is 0 Å². The predicted molar refractivity (Wildman–Crippen MR) is 55.4 cm³/mol. The Morgan fingerprint density at radius 2 is 2.36 bits per heavy atom. The monoisotopic (exact) mass is 194 g/mol. The van der Waals surface area contributed by atoms with E-state index in [1.54, 1.807) is 0 Å². The quantitative estimate of drug-likeness (QED) is 0.723. The molecule has 1 fully saturated rings. The van der Waals surface area contributed by atoms with Crippen molar-refractivity contribution in [3.05, 3.63) is 17.8 Å². The van der Waals surface area contributed by atoms with Crippen LogP contribution < -0.4 is 0 Å². The number of oxazole rings is 1. The molecule has 1 aliphatic rings. The number of rotatable bonds is 2. The van der Waals surface area contributed by atoms with E-state index < -0.39 is 0 Å². The van der Waals surface area contributed by atoms with Crippen molar-refractivity contribution < 1.29 is 4.42 Å². The average molecular weight is 194 g/mol. The first-order chi connectivity index (χ1) is 6.66. The van der Waals surface area contributed by atoms with E-state index in [-0.39, 0.29) is 0 Å². The van der Waals surface area contributed by atoms with Crippen LogP contribution in [0.15, 0.2) is 10.7 Å². The maximum Gasteiger partial charge on any atom is 0.196 e. The minimum atomic E-state index is 0.392.